The molecule has 3 nitrogen and oxygen atoms in total. The van der Waals surface area contributed by atoms with Gasteiger partial charge in [0.15, 0.2) is 0 Å². The lowest BCUT2D eigenvalue weighted by Gasteiger charge is -2.08. The van der Waals surface area contributed by atoms with Crippen LogP contribution in [0.1, 0.15) is 51.9 Å². The van der Waals surface area contributed by atoms with E-state index in [1.54, 1.807) is 5.57 Å². The summed E-state index contributed by atoms with van der Waals surface area (Å²) in [4.78, 5) is 0. The Hall–Kier alpha value is -0.540. The maximum Gasteiger partial charge on any atom is 0.0951 e. The molecule has 0 radical (unpaired) electrons. The summed E-state index contributed by atoms with van der Waals surface area (Å²) in [6.45, 7) is 5.87. The topological polar surface area (TPSA) is 47.3 Å². The van der Waals surface area contributed by atoms with E-state index in [0.29, 0.717) is 0 Å². The fourth-order valence-corrected chi connectivity index (χ4v) is 1.93. The lowest BCUT2D eigenvalue weighted by Crippen LogP contribution is -2.19. The van der Waals surface area contributed by atoms with Gasteiger partial charge in [-0.05, 0) is 64.2 Å². The second kappa shape index (κ2) is 9.49. The van der Waals surface area contributed by atoms with Gasteiger partial charge < -0.3 is 15.8 Å². The Bertz CT molecular complexity index is 220. The molecule has 0 spiro atoms. The highest BCUT2D eigenvalue weighted by Gasteiger charge is 2.18. The average molecular weight is 240 g/mol. The molecule has 0 amide bonds. The Morgan fingerprint density at radius 3 is 2.59 bits per heavy atom. The summed E-state index contributed by atoms with van der Waals surface area (Å²) in [5.41, 5.74) is 6.99. The monoisotopic (exact) mass is 240 g/mol. The van der Waals surface area contributed by atoms with Crippen molar-refractivity contribution < 1.29 is 4.74 Å². The Morgan fingerprint density at radius 1 is 1.18 bits per heavy atom. The van der Waals surface area contributed by atoms with Gasteiger partial charge in [0, 0.05) is 6.42 Å². The lowest BCUT2D eigenvalue weighted by atomic mass is 10.1. The van der Waals surface area contributed by atoms with E-state index in [2.05, 4.69) is 12.2 Å². The van der Waals surface area contributed by atoms with Gasteiger partial charge in [0.05, 0.1) is 12.4 Å². The van der Waals surface area contributed by atoms with E-state index in [-0.39, 0.29) is 0 Å². The van der Waals surface area contributed by atoms with Crippen LogP contribution in [0.5, 0.6) is 0 Å². The number of allylic oxidation sites excluding steroid dienone is 2. The van der Waals surface area contributed by atoms with Crippen LogP contribution < -0.4 is 11.1 Å². The zero-order valence-corrected chi connectivity index (χ0v) is 11.3. The van der Waals surface area contributed by atoms with Crippen molar-refractivity contribution in [2.45, 2.75) is 51.9 Å². The van der Waals surface area contributed by atoms with E-state index in [1.165, 1.54) is 37.9 Å². The molecule has 3 heteroatoms. The molecule has 100 valence electrons. The minimum absolute atomic E-state index is 0.790. The second-order valence-electron chi connectivity index (χ2n) is 4.66. The molecule has 1 aliphatic carbocycles. The Labute approximate surface area is 106 Å². The first-order valence-corrected chi connectivity index (χ1v) is 7.13. The normalized spacial score (nSPS) is 13.9. The van der Waals surface area contributed by atoms with Crippen LogP contribution in [0.2, 0.25) is 0 Å². The van der Waals surface area contributed by atoms with Gasteiger partial charge in [0.25, 0.3) is 0 Å². The zero-order chi connectivity index (χ0) is 12.3. The first-order valence-electron chi connectivity index (χ1n) is 7.13. The van der Waals surface area contributed by atoms with Crippen molar-refractivity contribution in [3.63, 3.8) is 0 Å². The SMILES string of the molecule is CCOC(CCCCCNCCCN)=C1CC1. The number of rotatable bonds is 11. The molecule has 1 aliphatic rings. The summed E-state index contributed by atoms with van der Waals surface area (Å²) >= 11 is 0. The molecule has 1 saturated carbocycles. The van der Waals surface area contributed by atoms with E-state index < -0.39 is 0 Å². The number of ether oxygens (including phenoxy) is 1. The summed E-state index contributed by atoms with van der Waals surface area (Å²) < 4.78 is 5.68. The van der Waals surface area contributed by atoms with Crippen LogP contribution in [-0.4, -0.2) is 26.2 Å². The molecular formula is C14H28N2O. The second-order valence-corrected chi connectivity index (χ2v) is 4.66. The molecule has 1 rings (SSSR count). The molecule has 1 fully saturated rings. The van der Waals surface area contributed by atoms with Gasteiger partial charge >= 0.3 is 0 Å². The molecule has 0 aliphatic heterocycles. The molecule has 0 aromatic heterocycles. The molecule has 17 heavy (non-hydrogen) atoms. The van der Waals surface area contributed by atoms with Gasteiger partial charge in [0.2, 0.25) is 0 Å². The Kier molecular flexibility index (Phi) is 8.10. The number of nitrogens with two attached hydrogens (primary N) is 1. The van der Waals surface area contributed by atoms with Gasteiger partial charge in [-0.25, -0.2) is 0 Å². The first kappa shape index (κ1) is 14.5. The van der Waals surface area contributed by atoms with Gasteiger partial charge in [-0.2, -0.15) is 0 Å². The minimum Gasteiger partial charge on any atom is -0.498 e. The number of hydrogen-bond donors (Lipinski definition) is 2. The fourth-order valence-electron chi connectivity index (χ4n) is 1.93. The molecule has 3 N–H and O–H groups in total. The van der Waals surface area contributed by atoms with Gasteiger partial charge in [-0.15, -0.1) is 0 Å². The van der Waals surface area contributed by atoms with E-state index in [0.717, 1.165) is 39.1 Å². The summed E-state index contributed by atoms with van der Waals surface area (Å²) in [6.07, 6.45) is 8.59. The van der Waals surface area contributed by atoms with E-state index >= 15 is 0 Å². The largest absolute Gasteiger partial charge is 0.498 e. The standard InChI is InChI=1S/C14H28N2O/c1-2-17-14(13-8-9-13)7-4-3-5-11-16-12-6-10-15/h16H,2-12,15H2,1H3. The van der Waals surface area contributed by atoms with Crippen LogP contribution in [0.4, 0.5) is 0 Å². The molecular weight excluding hydrogens is 212 g/mol. The van der Waals surface area contributed by atoms with Gasteiger partial charge in [-0.1, -0.05) is 6.42 Å². The maximum absolute atomic E-state index is 5.68. The number of hydrogen-bond acceptors (Lipinski definition) is 3. The molecule has 0 heterocycles. The van der Waals surface area contributed by atoms with Crippen molar-refractivity contribution in [2.75, 3.05) is 26.2 Å². The third-order valence-electron chi connectivity index (χ3n) is 3.03. The third kappa shape index (κ3) is 7.40. The average Bonchev–Trinajstić information content (AvgIpc) is 3.15. The van der Waals surface area contributed by atoms with Crippen LogP contribution in [0, 0.1) is 0 Å². The van der Waals surface area contributed by atoms with E-state index in [4.69, 9.17) is 10.5 Å². The van der Waals surface area contributed by atoms with Crippen LogP contribution in [0.15, 0.2) is 11.3 Å². The number of unbranched alkanes of at least 4 members (excludes halogenated alkanes) is 2. The van der Waals surface area contributed by atoms with Crippen LogP contribution in [0.25, 0.3) is 0 Å². The quantitative estimate of drug-likeness (QED) is 0.431. The van der Waals surface area contributed by atoms with E-state index in [9.17, 15) is 0 Å². The summed E-state index contributed by atoms with van der Waals surface area (Å²) in [6, 6.07) is 0. The highest BCUT2D eigenvalue weighted by molar-refractivity contribution is 5.21. The van der Waals surface area contributed by atoms with Gasteiger partial charge in [-0.3, -0.25) is 0 Å². The van der Waals surface area contributed by atoms with Crippen molar-refractivity contribution in [3.05, 3.63) is 11.3 Å². The zero-order valence-electron chi connectivity index (χ0n) is 11.3. The molecule has 0 saturated heterocycles. The van der Waals surface area contributed by atoms with Crippen LogP contribution in [0.3, 0.4) is 0 Å². The highest BCUT2D eigenvalue weighted by Crippen LogP contribution is 2.34. The van der Waals surface area contributed by atoms with Crippen LogP contribution in [-0.2, 0) is 4.74 Å². The summed E-state index contributed by atoms with van der Waals surface area (Å²) in [5.74, 6) is 1.29. The van der Waals surface area contributed by atoms with Crippen molar-refractivity contribution in [1.82, 2.24) is 5.32 Å². The predicted octanol–water partition coefficient (Wildman–Crippen LogP) is 2.57. The van der Waals surface area contributed by atoms with Gasteiger partial charge in [0.1, 0.15) is 0 Å². The third-order valence-corrected chi connectivity index (χ3v) is 3.03. The van der Waals surface area contributed by atoms with Crippen molar-refractivity contribution >= 4 is 0 Å². The van der Waals surface area contributed by atoms with Crippen LogP contribution >= 0.6 is 0 Å². The fraction of sp³-hybridized carbons (Fsp3) is 0.857. The van der Waals surface area contributed by atoms with Crippen molar-refractivity contribution in [2.24, 2.45) is 5.73 Å². The van der Waals surface area contributed by atoms with Crippen molar-refractivity contribution in [1.29, 1.82) is 0 Å². The maximum atomic E-state index is 5.68. The minimum atomic E-state index is 0.790. The molecule has 0 unspecified atom stereocenters. The summed E-state index contributed by atoms with van der Waals surface area (Å²) in [5, 5.41) is 3.41. The molecule has 0 bridgehead atoms. The number of nitrogens with one attached hydrogen (secondary N) is 1. The Morgan fingerprint density at radius 2 is 1.94 bits per heavy atom. The first-order chi connectivity index (χ1) is 8.38. The predicted molar refractivity (Wildman–Crippen MR) is 72.9 cm³/mol. The van der Waals surface area contributed by atoms with E-state index in [1.807, 2.05) is 0 Å². The smallest absolute Gasteiger partial charge is 0.0951 e. The lowest BCUT2D eigenvalue weighted by molar-refractivity contribution is 0.214. The highest BCUT2D eigenvalue weighted by atomic mass is 16.5. The summed E-state index contributed by atoms with van der Waals surface area (Å²) in [7, 11) is 0. The molecule has 0 aromatic carbocycles. The Balaban J connectivity index is 1.91. The molecule has 0 atom stereocenters. The van der Waals surface area contributed by atoms with Crippen molar-refractivity contribution in [3.8, 4) is 0 Å². The molecule has 0 aromatic rings.